The first-order chi connectivity index (χ1) is 7.22. The molecule has 4 nitrogen and oxygen atoms in total. The number of nitrogens with two attached hydrogens (primary N) is 1. The molecular formula is C10H13N3OS. The highest BCUT2D eigenvalue weighted by Crippen LogP contribution is 2.29. The summed E-state index contributed by atoms with van der Waals surface area (Å²) in [4.78, 5) is 1.05. The molecule has 2 rings (SSSR count). The number of nitrogens with zero attached hydrogens (tertiary/aromatic N) is 2. The molecule has 0 aliphatic heterocycles. The normalized spacial score (nSPS) is 13.0. The fourth-order valence-corrected chi connectivity index (χ4v) is 2.23. The Morgan fingerprint density at radius 3 is 2.93 bits per heavy atom. The van der Waals surface area contributed by atoms with Crippen molar-refractivity contribution in [2.75, 3.05) is 0 Å². The van der Waals surface area contributed by atoms with Crippen molar-refractivity contribution in [3.63, 3.8) is 0 Å². The van der Waals surface area contributed by atoms with Crippen LogP contribution in [-0.4, -0.2) is 10.2 Å². The van der Waals surface area contributed by atoms with Crippen molar-refractivity contribution in [2.24, 2.45) is 5.73 Å². The Kier molecular flexibility index (Phi) is 2.83. The molecule has 2 heterocycles. The monoisotopic (exact) mass is 223 g/mol. The summed E-state index contributed by atoms with van der Waals surface area (Å²) >= 11 is 1.62. The molecule has 1 atom stereocenters. The molecule has 0 spiro atoms. The highest BCUT2D eigenvalue weighted by molar-refractivity contribution is 7.13. The summed E-state index contributed by atoms with van der Waals surface area (Å²) in [6.45, 7) is 3.93. The van der Waals surface area contributed by atoms with Gasteiger partial charge in [0.2, 0.25) is 5.89 Å². The standard InChI is InChI=1S/C10H13N3OS/c1-3-7-4-5-15-8(7)10-13-12-9(14-10)6(2)11/h4-6H,3,11H2,1-2H3. The summed E-state index contributed by atoms with van der Waals surface area (Å²) in [5.41, 5.74) is 6.89. The van der Waals surface area contributed by atoms with Crippen LogP contribution >= 0.6 is 11.3 Å². The van der Waals surface area contributed by atoms with Gasteiger partial charge in [-0.3, -0.25) is 0 Å². The fourth-order valence-electron chi connectivity index (χ4n) is 1.31. The maximum absolute atomic E-state index is 5.66. The molecule has 1 unspecified atom stereocenters. The molecule has 5 heteroatoms. The molecule has 80 valence electrons. The smallest absolute Gasteiger partial charge is 0.258 e. The van der Waals surface area contributed by atoms with E-state index in [1.165, 1.54) is 5.56 Å². The topological polar surface area (TPSA) is 64.9 Å². The molecular weight excluding hydrogens is 210 g/mol. The van der Waals surface area contributed by atoms with Gasteiger partial charge in [0.15, 0.2) is 0 Å². The van der Waals surface area contributed by atoms with Crippen LogP contribution in [0.2, 0.25) is 0 Å². The van der Waals surface area contributed by atoms with Crippen LogP contribution in [-0.2, 0) is 6.42 Å². The molecule has 0 saturated carbocycles. The number of hydrogen-bond acceptors (Lipinski definition) is 5. The van der Waals surface area contributed by atoms with E-state index in [2.05, 4.69) is 23.2 Å². The second-order valence-corrected chi connectivity index (χ2v) is 4.28. The van der Waals surface area contributed by atoms with Crippen molar-refractivity contribution in [3.8, 4) is 10.8 Å². The third kappa shape index (κ3) is 1.93. The molecule has 0 radical (unpaired) electrons. The summed E-state index contributed by atoms with van der Waals surface area (Å²) in [5.74, 6) is 1.06. The van der Waals surface area contributed by atoms with Gasteiger partial charge in [0.25, 0.3) is 5.89 Å². The van der Waals surface area contributed by atoms with E-state index in [1.54, 1.807) is 11.3 Å². The quantitative estimate of drug-likeness (QED) is 0.867. The van der Waals surface area contributed by atoms with Gasteiger partial charge in [-0.05, 0) is 30.4 Å². The van der Waals surface area contributed by atoms with E-state index in [9.17, 15) is 0 Å². The minimum atomic E-state index is -0.212. The fraction of sp³-hybridized carbons (Fsp3) is 0.400. The first kappa shape index (κ1) is 10.3. The Balaban J connectivity index is 2.37. The third-order valence-corrected chi connectivity index (χ3v) is 3.10. The van der Waals surface area contributed by atoms with Crippen molar-refractivity contribution < 1.29 is 4.42 Å². The van der Waals surface area contributed by atoms with E-state index in [-0.39, 0.29) is 6.04 Å². The molecule has 0 bridgehead atoms. The average molecular weight is 223 g/mol. The van der Waals surface area contributed by atoms with Crippen LogP contribution in [0.3, 0.4) is 0 Å². The van der Waals surface area contributed by atoms with Crippen LogP contribution in [0.15, 0.2) is 15.9 Å². The molecule has 15 heavy (non-hydrogen) atoms. The van der Waals surface area contributed by atoms with Gasteiger partial charge in [-0.2, -0.15) is 0 Å². The van der Waals surface area contributed by atoms with Crippen molar-refractivity contribution in [1.82, 2.24) is 10.2 Å². The van der Waals surface area contributed by atoms with Gasteiger partial charge in [-0.25, -0.2) is 0 Å². The predicted molar refractivity (Wildman–Crippen MR) is 59.6 cm³/mol. The number of hydrogen-bond donors (Lipinski definition) is 1. The van der Waals surface area contributed by atoms with E-state index >= 15 is 0 Å². The molecule has 2 aromatic rings. The van der Waals surface area contributed by atoms with Crippen LogP contribution in [0.4, 0.5) is 0 Å². The van der Waals surface area contributed by atoms with Crippen molar-refractivity contribution in [2.45, 2.75) is 26.3 Å². The van der Waals surface area contributed by atoms with E-state index in [0.717, 1.165) is 11.3 Å². The summed E-state index contributed by atoms with van der Waals surface area (Å²) in [5, 5.41) is 9.95. The summed E-state index contributed by atoms with van der Waals surface area (Å²) in [6.07, 6.45) is 0.967. The molecule has 0 aliphatic carbocycles. The molecule has 0 fully saturated rings. The Morgan fingerprint density at radius 1 is 1.53 bits per heavy atom. The van der Waals surface area contributed by atoms with Gasteiger partial charge >= 0.3 is 0 Å². The molecule has 2 N–H and O–H groups in total. The van der Waals surface area contributed by atoms with Gasteiger partial charge in [0.1, 0.15) is 0 Å². The van der Waals surface area contributed by atoms with E-state index in [0.29, 0.717) is 11.8 Å². The van der Waals surface area contributed by atoms with Crippen LogP contribution in [0.1, 0.15) is 31.3 Å². The van der Waals surface area contributed by atoms with Gasteiger partial charge < -0.3 is 10.2 Å². The number of aromatic nitrogens is 2. The third-order valence-electron chi connectivity index (χ3n) is 2.15. The largest absolute Gasteiger partial charge is 0.418 e. The van der Waals surface area contributed by atoms with Gasteiger partial charge in [0.05, 0.1) is 10.9 Å². The lowest BCUT2D eigenvalue weighted by Crippen LogP contribution is -2.04. The summed E-state index contributed by atoms with van der Waals surface area (Å²) in [7, 11) is 0. The summed E-state index contributed by atoms with van der Waals surface area (Å²) < 4.78 is 5.50. The summed E-state index contributed by atoms with van der Waals surface area (Å²) in [6, 6.07) is 1.87. The molecule has 0 saturated heterocycles. The maximum Gasteiger partial charge on any atom is 0.258 e. The van der Waals surface area contributed by atoms with E-state index < -0.39 is 0 Å². The predicted octanol–water partition coefficient (Wildman–Crippen LogP) is 2.38. The Bertz CT molecular complexity index is 447. The number of aryl methyl sites for hydroxylation is 1. The van der Waals surface area contributed by atoms with Crippen LogP contribution < -0.4 is 5.73 Å². The van der Waals surface area contributed by atoms with E-state index in [4.69, 9.17) is 10.2 Å². The van der Waals surface area contributed by atoms with Gasteiger partial charge in [-0.1, -0.05) is 6.92 Å². The molecule has 0 amide bonds. The minimum Gasteiger partial charge on any atom is -0.418 e. The molecule has 0 aromatic carbocycles. The zero-order chi connectivity index (χ0) is 10.8. The van der Waals surface area contributed by atoms with Crippen molar-refractivity contribution in [3.05, 3.63) is 22.9 Å². The molecule has 2 aromatic heterocycles. The van der Waals surface area contributed by atoms with Gasteiger partial charge in [-0.15, -0.1) is 21.5 Å². The maximum atomic E-state index is 5.66. The Morgan fingerprint density at radius 2 is 2.33 bits per heavy atom. The first-order valence-electron chi connectivity index (χ1n) is 4.88. The van der Waals surface area contributed by atoms with Crippen molar-refractivity contribution in [1.29, 1.82) is 0 Å². The van der Waals surface area contributed by atoms with Gasteiger partial charge in [0, 0.05) is 0 Å². The SMILES string of the molecule is CCc1ccsc1-c1nnc(C(C)N)o1. The number of thiophene rings is 1. The van der Waals surface area contributed by atoms with E-state index in [1.807, 2.05) is 12.3 Å². The highest BCUT2D eigenvalue weighted by atomic mass is 32.1. The number of rotatable bonds is 3. The Hall–Kier alpha value is -1.20. The Labute approximate surface area is 92.1 Å². The van der Waals surface area contributed by atoms with Crippen LogP contribution in [0, 0.1) is 0 Å². The van der Waals surface area contributed by atoms with Crippen LogP contribution in [0.25, 0.3) is 10.8 Å². The highest BCUT2D eigenvalue weighted by Gasteiger charge is 2.14. The van der Waals surface area contributed by atoms with Crippen LogP contribution in [0.5, 0.6) is 0 Å². The lowest BCUT2D eigenvalue weighted by Gasteiger charge is -1.96. The van der Waals surface area contributed by atoms with Crippen molar-refractivity contribution >= 4 is 11.3 Å². The minimum absolute atomic E-state index is 0.212. The zero-order valence-electron chi connectivity index (χ0n) is 8.73. The lowest BCUT2D eigenvalue weighted by atomic mass is 10.2. The first-order valence-corrected chi connectivity index (χ1v) is 5.76. The molecule has 0 aliphatic rings. The zero-order valence-corrected chi connectivity index (χ0v) is 9.54. The second kappa shape index (κ2) is 4.12. The lowest BCUT2D eigenvalue weighted by molar-refractivity contribution is 0.474. The average Bonchev–Trinajstić information content (AvgIpc) is 2.85. The second-order valence-electron chi connectivity index (χ2n) is 3.36.